The van der Waals surface area contributed by atoms with Gasteiger partial charge in [0.25, 0.3) is 0 Å². The summed E-state index contributed by atoms with van der Waals surface area (Å²) < 4.78 is 0. The monoisotopic (exact) mass is 186 g/mol. The van der Waals surface area contributed by atoms with Gasteiger partial charge in [0, 0.05) is 0 Å². The van der Waals surface area contributed by atoms with Crippen LogP contribution in [0.15, 0.2) is 36.9 Å². The van der Waals surface area contributed by atoms with Gasteiger partial charge in [-0.3, -0.25) is 0 Å². The Balaban J connectivity index is 2.94. The Morgan fingerprint density at radius 3 is 2.00 bits per heavy atom. The fourth-order valence-corrected chi connectivity index (χ4v) is 1.39. The van der Waals surface area contributed by atoms with Gasteiger partial charge in [-0.05, 0) is 0 Å². The van der Waals surface area contributed by atoms with Gasteiger partial charge < -0.3 is 0 Å². The molecule has 0 radical (unpaired) electrons. The van der Waals surface area contributed by atoms with Crippen LogP contribution in [-0.4, -0.2) is 14.7 Å². The SMILES string of the molecule is C=C(c1ccccc1)[PH](O)(O)O. The van der Waals surface area contributed by atoms with Crippen LogP contribution in [0.3, 0.4) is 0 Å². The van der Waals surface area contributed by atoms with E-state index in [2.05, 4.69) is 6.58 Å². The summed E-state index contributed by atoms with van der Waals surface area (Å²) in [5, 5.41) is 0.00287. The summed E-state index contributed by atoms with van der Waals surface area (Å²) in [6.45, 7) is 3.41. The minimum atomic E-state index is -4.20. The van der Waals surface area contributed by atoms with Gasteiger partial charge in [-0.1, -0.05) is 0 Å². The van der Waals surface area contributed by atoms with Crippen molar-refractivity contribution in [3.05, 3.63) is 42.5 Å². The van der Waals surface area contributed by atoms with Crippen molar-refractivity contribution in [1.29, 1.82) is 0 Å². The third-order valence-corrected chi connectivity index (χ3v) is 2.63. The summed E-state index contributed by atoms with van der Waals surface area (Å²) in [6.07, 6.45) is 0. The first-order chi connectivity index (χ1) is 5.52. The van der Waals surface area contributed by atoms with Crippen LogP contribution < -0.4 is 0 Å². The average molecular weight is 186 g/mol. The Labute approximate surface area is 71.2 Å². The summed E-state index contributed by atoms with van der Waals surface area (Å²) in [6, 6.07) is 8.59. The third kappa shape index (κ3) is 2.13. The molecule has 3 nitrogen and oxygen atoms in total. The first-order valence-electron chi connectivity index (χ1n) is 3.44. The van der Waals surface area contributed by atoms with E-state index in [1.165, 1.54) is 0 Å². The molecule has 0 saturated heterocycles. The van der Waals surface area contributed by atoms with Gasteiger partial charge in [0.1, 0.15) is 0 Å². The fraction of sp³-hybridized carbons (Fsp3) is 0. The van der Waals surface area contributed by atoms with Gasteiger partial charge in [-0.2, -0.15) is 0 Å². The third-order valence-electron chi connectivity index (χ3n) is 1.53. The van der Waals surface area contributed by atoms with Crippen molar-refractivity contribution in [1.82, 2.24) is 0 Å². The summed E-state index contributed by atoms with van der Waals surface area (Å²) in [5.41, 5.74) is 0.552. The van der Waals surface area contributed by atoms with Gasteiger partial charge in [0.15, 0.2) is 0 Å². The Kier molecular flexibility index (Phi) is 2.60. The van der Waals surface area contributed by atoms with Crippen molar-refractivity contribution in [3.8, 4) is 0 Å². The molecule has 66 valence electrons. The number of hydrogen-bond acceptors (Lipinski definition) is 3. The molecule has 0 saturated carbocycles. The molecule has 0 bridgehead atoms. The molecule has 0 aliphatic rings. The molecular formula is C8H11O3P. The van der Waals surface area contributed by atoms with Crippen molar-refractivity contribution >= 4 is 13.3 Å². The molecule has 0 aromatic heterocycles. The molecule has 1 rings (SSSR count). The molecule has 0 heterocycles. The summed E-state index contributed by atoms with van der Waals surface area (Å²) in [5.74, 6) is 0. The second-order valence-corrected chi connectivity index (χ2v) is 4.35. The van der Waals surface area contributed by atoms with Crippen LogP contribution in [0.4, 0.5) is 0 Å². The first kappa shape index (κ1) is 9.36. The maximum absolute atomic E-state index is 8.89. The van der Waals surface area contributed by atoms with Crippen LogP contribution in [0.25, 0.3) is 5.31 Å². The Morgan fingerprint density at radius 1 is 1.08 bits per heavy atom. The van der Waals surface area contributed by atoms with E-state index in [4.69, 9.17) is 14.7 Å². The van der Waals surface area contributed by atoms with Crippen molar-refractivity contribution in [2.24, 2.45) is 0 Å². The Morgan fingerprint density at radius 2 is 1.58 bits per heavy atom. The molecule has 0 unspecified atom stereocenters. The zero-order valence-electron chi connectivity index (χ0n) is 6.44. The molecule has 0 fully saturated rings. The maximum atomic E-state index is 8.89. The van der Waals surface area contributed by atoms with E-state index in [-0.39, 0.29) is 5.31 Å². The summed E-state index contributed by atoms with van der Waals surface area (Å²) in [7, 11) is -4.20. The van der Waals surface area contributed by atoms with Crippen LogP contribution in [0, 0.1) is 0 Å². The van der Waals surface area contributed by atoms with E-state index in [0.717, 1.165) is 0 Å². The molecule has 1 aromatic carbocycles. The van der Waals surface area contributed by atoms with Gasteiger partial charge in [-0.15, -0.1) is 0 Å². The molecule has 0 spiro atoms. The minimum absolute atomic E-state index is 0.00287. The standard InChI is InChI=1S/C8H11O3P/c1-7(12(9,10)11)8-5-3-2-4-6-8/h2-6,9-12H,1H2. The summed E-state index contributed by atoms with van der Waals surface area (Å²) >= 11 is 0. The second-order valence-electron chi connectivity index (χ2n) is 2.48. The molecule has 0 aliphatic carbocycles. The van der Waals surface area contributed by atoms with Crippen molar-refractivity contribution < 1.29 is 14.7 Å². The number of hydrogen-bond donors (Lipinski definition) is 3. The van der Waals surface area contributed by atoms with E-state index in [9.17, 15) is 0 Å². The second kappa shape index (κ2) is 3.33. The average Bonchev–Trinajstić information content (AvgIpc) is 2.03. The normalized spacial score (nSPS) is 12.6. The van der Waals surface area contributed by atoms with Crippen LogP contribution in [-0.2, 0) is 0 Å². The molecule has 1 aromatic rings. The summed E-state index contributed by atoms with van der Waals surface area (Å²) in [4.78, 5) is 26.7. The zero-order chi connectivity index (χ0) is 9.19. The number of rotatable bonds is 2. The Bertz CT molecular complexity index is 276. The zero-order valence-corrected chi connectivity index (χ0v) is 7.44. The van der Waals surface area contributed by atoms with Gasteiger partial charge in [-0.25, -0.2) is 0 Å². The first-order valence-corrected chi connectivity index (χ1v) is 5.28. The van der Waals surface area contributed by atoms with Gasteiger partial charge in [0.2, 0.25) is 0 Å². The van der Waals surface area contributed by atoms with E-state index in [1.54, 1.807) is 30.3 Å². The van der Waals surface area contributed by atoms with E-state index >= 15 is 0 Å². The fourth-order valence-electron chi connectivity index (χ4n) is 0.833. The van der Waals surface area contributed by atoms with Crippen LogP contribution >= 0.6 is 7.94 Å². The van der Waals surface area contributed by atoms with E-state index in [0.29, 0.717) is 5.56 Å². The van der Waals surface area contributed by atoms with E-state index in [1.807, 2.05) is 0 Å². The van der Waals surface area contributed by atoms with Crippen LogP contribution in [0.5, 0.6) is 0 Å². The van der Waals surface area contributed by atoms with Crippen molar-refractivity contribution in [3.63, 3.8) is 0 Å². The predicted molar refractivity (Wildman–Crippen MR) is 50.4 cm³/mol. The van der Waals surface area contributed by atoms with E-state index < -0.39 is 7.94 Å². The Hall–Kier alpha value is -0.730. The van der Waals surface area contributed by atoms with Crippen molar-refractivity contribution in [2.75, 3.05) is 0 Å². The van der Waals surface area contributed by atoms with Crippen LogP contribution in [0.2, 0.25) is 0 Å². The number of benzene rings is 1. The molecule has 0 aliphatic heterocycles. The molecule has 4 heteroatoms. The van der Waals surface area contributed by atoms with Crippen molar-refractivity contribution in [2.45, 2.75) is 0 Å². The molecular weight excluding hydrogens is 175 g/mol. The quantitative estimate of drug-likeness (QED) is 0.607. The van der Waals surface area contributed by atoms with Crippen LogP contribution in [0.1, 0.15) is 5.56 Å². The van der Waals surface area contributed by atoms with Gasteiger partial charge in [0.05, 0.1) is 0 Å². The van der Waals surface area contributed by atoms with Gasteiger partial charge >= 0.3 is 70.4 Å². The molecule has 0 amide bonds. The molecule has 12 heavy (non-hydrogen) atoms. The molecule has 0 atom stereocenters. The predicted octanol–water partition coefficient (Wildman–Crippen LogP) is 1.13. The molecule has 3 N–H and O–H groups in total. The topological polar surface area (TPSA) is 60.7 Å².